The Morgan fingerprint density at radius 2 is 2.25 bits per heavy atom. The van der Waals surface area contributed by atoms with E-state index in [0.717, 1.165) is 0 Å². The Morgan fingerprint density at radius 1 is 1.46 bits per heavy atom. The lowest BCUT2D eigenvalue weighted by molar-refractivity contribution is -0.826. The summed E-state index contributed by atoms with van der Waals surface area (Å²) in [6, 6.07) is 4.09. The number of aromatic nitrogens is 2. The van der Waals surface area contributed by atoms with Gasteiger partial charge in [-0.25, -0.2) is 14.7 Å². The fourth-order valence-corrected chi connectivity index (χ4v) is 2.22. The van der Waals surface area contributed by atoms with E-state index in [1.165, 1.54) is 30.5 Å². The average molecular weight is 352 g/mol. The molecule has 0 aliphatic heterocycles. The van der Waals surface area contributed by atoms with E-state index in [-0.39, 0.29) is 10.9 Å². The van der Waals surface area contributed by atoms with E-state index in [0.29, 0.717) is 36.0 Å². The molecule has 1 aromatic heterocycles. The fraction of sp³-hybridized carbons (Fsp3) is 0.267. The number of urea groups is 1. The second kappa shape index (κ2) is 8.44. The highest BCUT2D eigenvalue weighted by molar-refractivity contribution is 6.31. The largest absolute Gasteiger partial charge is 0.634 e. The summed E-state index contributed by atoms with van der Waals surface area (Å²) in [5.74, 6) is 0.660. The lowest BCUT2D eigenvalue weighted by Gasteiger charge is -2.22. The van der Waals surface area contributed by atoms with Crippen LogP contribution in [0.5, 0.6) is 5.75 Å². The predicted octanol–water partition coefficient (Wildman–Crippen LogP) is 1.13. The molecule has 0 radical (unpaired) electrons. The Morgan fingerprint density at radius 3 is 2.88 bits per heavy atom. The fourth-order valence-electron chi connectivity index (χ4n) is 2.05. The molecule has 0 aliphatic rings. The van der Waals surface area contributed by atoms with Crippen LogP contribution in [0.4, 0.5) is 16.3 Å². The molecule has 0 aliphatic carbocycles. The Bertz CT molecular complexity index is 684. The van der Waals surface area contributed by atoms with Gasteiger partial charge in [-0.05, 0) is 18.2 Å². The molecule has 8 nitrogen and oxygen atoms in total. The van der Waals surface area contributed by atoms with Gasteiger partial charge in [-0.3, -0.25) is 4.98 Å². The number of nitrogens with zero attached hydrogens (tertiary/aromatic N) is 3. The number of quaternary nitrogens is 1. The first-order chi connectivity index (χ1) is 11.5. The first-order valence-corrected chi connectivity index (χ1v) is 7.64. The number of hydrogen-bond acceptors (Lipinski definition) is 5. The maximum Gasteiger partial charge on any atom is 0.325 e. The van der Waals surface area contributed by atoms with Gasteiger partial charge in [0, 0.05) is 23.8 Å². The van der Waals surface area contributed by atoms with Crippen molar-refractivity contribution < 1.29 is 14.6 Å². The third kappa shape index (κ3) is 4.79. The van der Waals surface area contributed by atoms with Crippen molar-refractivity contribution in [2.75, 3.05) is 25.1 Å². The first-order valence-electron chi connectivity index (χ1n) is 7.26. The number of carbonyl (C=O) groups excluding carboxylic acids is 1. The highest BCUT2D eigenvalue weighted by Gasteiger charge is 2.21. The molecule has 2 amide bonds. The molecule has 2 rings (SSSR count). The summed E-state index contributed by atoms with van der Waals surface area (Å²) in [5.41, 5.74) is 5.85. The molecular weight excluding hydrogens is 334 g/mol. The maximum absolute atomic E-state index is 11.9. The molecule has 1 unspecified atom stereocenters. The molecule has 0 spiro atoms. The second-order valence-corrected chi connectivity index (χ2v) is 5.44. The zero-order valence-electron chi connectivity index (χ0n) is 13.1. The van der Waals surface area contributed by atoms with Gasteiger partial charge in [0.15, 0.2) is 5.82 Å². The smallest absolute Gasteiger partial charge is 0.325 e. The monoisotopic (exact) mass is 351 g/mol. The number of rotatable bonds is 7. The van der Waals surface area contributed by atoms with Crippen molar-refractivity contribution in [1.82, 2.24) is 9.97 Å². The van der Waals surface area contributed by atoms with Crippen LogP contribution in [0.1, 0.15) is 6.42 Å². The van der Waals surface area contributed by atoms with E-state index in [1.54, 1.807) is 18.2 Å². The SMILES string of the molecule is C[NH+]([O-])CCCOc1ccc(Cl)cc1N(C(N)=O)c1cnccn1. The minimum Gasteiger partial charge on any atom is -0.634 e. The van der Waals surface area contributed by atoms with Gasteiger partial charge in [0.25, 0.3) is 0 Å². The highest BCUT2D eigenvalue weighted by Crippen LogP contribution is 2.35. The van der Waals surface area contributed by atoms with Crippen LogP contribution in [0, 0.1) is 5.21 Å². The molecule has 0 saturated carbocycles. The van der Waals surface area contributed by atoms with Crippen LogP contribution < -0.4 is 20.4 Å². The van der Waals surface area contributed by atoms with Gasteiger partial charge < -0.3 is 20.7 Å². The van der Waals surface area contributed by atoms with Crippen molar-refractivity contribution in [3.63, 3.8) is 0 Å². The summed E-state index contributed by atoms with van der Waals surface area (Å²) >= 11 is 6.04. The summed E-state index contributed by atoms with van der Waals surface area (Å²) in [5, 5.41) is 11.5. The molecule has 2 aromatic rings. The maximum atomic E-state index is 11.9. The number of ether oxygens (including phenoxy) is 1. The molecule has 1 atom stereocenters. The molecule has 9 heteroatoms. The van der Waals surface area contributed by atoms with Crippen molar-refractivity contribution in [2.24, 2.45) is 5.73 Å². The normalized spacial score (nSPS) is 11.8. The third-order valence-corrected chi connectivity index (χ3v) is 3.33. The van der Waals surface area contributed by atoms with Gasteiger partial charge in [-0.1, -0.05) is 11.6 Å². The number of hydrogen-bond donors (Lipinski definition) is 2. The van der Waals surface area contributed by atoms with E-state index in [4.69, 9.17) is 22.1 Å². The van der Waals surface area contributed by atoms with Crippen LogP contribution in [0.15, 0.2) is 36.8 Å². The molecular formula is C15H18ClN5O3. The zero-order chi connectivity index (χ0) is 17.5. The number of carbonyl (C=O) groups is 1. The minimum absolute atomic E-state index is 0.0910. The van der Waals surface area contributed by atoms with Crippen LogP contribution in [0.2, 0.25) is 5.02 Å². The second-order valence-electron chi connectivity index (χ2n) is 5.00. The van der Waals surface area contributed by atoms with Crippen LogP contribution in [-0.4, -0.2) is 36.2 Å². The van der Waals surface area contributed by atoms with Gasteiger partial charge in [-0.15, -0.1) is 0 Å². The van der Waals surface area contributed by atoms with Crippen molar-refractivity contribution in [3.05, 3.63) is 47.0 Å². The van der Waals surface area contributed by atoms with Crippen LogP contribution in [0.25, 0.3) is 0 Å². The number of hydroxylamine groups is 2. The molecule has 0 bridgehead atoms. The van der Waals surface area contributed by atoms with Gasteiger partial charge in [0.05, 0.1) is 32.1 Å². The summed E-state index contributed by atoms with van der Waals surface area (Å²) in [6.45, 7) is 0.744. The molecule has 0 fully saturated rings. The Balaban J connectivity index is 2.29. The molecule has 1 heterocycles. The summed E-state index contributed by atoms with van der Waals surface area (Å²) in [6.07, 6.45) is 4.91. The predicted molar refractivity (Wildman–Crippen MR) is 90.4 cm³/mol. The number of amides is 2. The summed E-state index contributed by atoms with van der Waals surface area (Å²) in [4.78, 5) is 21.1. The van der Waals surface area contributed by atoms with E-state index in [2.05, 4.69) is 9.97 Å². The topological polar surface area (TPSA) is 109 Å². The number of anilines is 2. The van der Waals surface area contributed by atoms with Crippen LogP contribution >= 0.6 is 11.6 Å². The number of nitrogens with one attached hydrogen (secondary N) is 1. The standard InChI is InChI=1S/C15H18ClN5O3/c1-20(23)7-2-8-24-13-4-3-11(16)9-12(13)21(15(17)22)14-10-18-5-6-19-14/h3-6,9-10,20H,2,7-8H2,1H3,(H2,17,22). The average Bonchev–Trinajstić information content (AvgIpc) is 2.54. The quantitative estimate of drug-likeness (QED) is 0.574. The Kier molecular flexibility index (Phi) is 6.30. The number of primary amides is 1. The number of nitrogens with two attached hydrogens (primary N) is 1. The van der Waals surface area contributed by atoms with E-state index in [1.807, 2.05) is 0 Å². The lowest BCUT2D eigenvalue weighted by atomic mass is 10.2. The molecule has 3 N–H and O–H groups in total. The van der Waals surface area contributed by atoms with Crippen LogP contribution in [-0.2, 0) is 0 Å². The van der Waals surface area contributed by atoms with Gasteiger partial charge in [0.1, 0.15) is 5.75 Å². The van der Waals surface area contributed by atoms with Gasteiger partial charge in [0.2, 0.25) is 0 Å². The molecule has 0 saturated heterocycles. The Labute approximate surface area is 144 Å². The zero-order valence-corrected chi connectivity index (χ0v) is 13.9. The lowest BCUT2D eigenvalue weighted by Crippen LogP contribution is -3.03. The van der Waals surface area contributed by atoms with Crippen molar-refractivity contribution in [3.8, 4) is 5.75 Å². The highest BCUT2D eigenvalue weighted by atomic mass is 35.5. The van der Waals surface area contributed by atoms with Crippen molar-refractivity contribution in [2.45, 2.75) is 6.42 Å². The molecule has 1 aromatic carbocycles. The van der Waals surface area contributed by atoms with Crippen LogP contribution in [0.3, 0.4) is 0 Å². The number of benzene rings is 1. The summed E-state index contributed by atoms with van der Waals surface area (Å²) in [7, 11) is 1.52. The molecule has 24 heavy (non-hydrogen) atoms. The van der Waals surface area contributed by atoms with E-state index >= 15 is 0 Å². The first kappa shape index (κ1) is 17.9. The van der Waals surface area contributed by atoms with Gasteiger partial charge in [-0.2, -0.15) is 0 Å². The number of halogens is 1. The van der Waals surface area contributed by atoms with Crippen molar-refractivity contribution in [1.29, 1.82) is 0 Å². The van der Waals surface area contributed by atoms with E-state index in [9.17, 15) is 10.0 Å². The Hall–Kier alpha value is -2.42. The van der Waals surface area contributed by atoms with Gasteiger partial charge >= 0.3 is 6.03 Å². The summed E-state index contributed by atoms with van der Waals surface area (Å²) < 4.78 is 5.69. The van der Waals surface area contributed by atoms with E-state index < -0.39 is 6.03 Å². The third-order valence-electron chi connectivity index (χ3n) is 3.09. The van der Waals surface area contributed by atoms with Crippen molar-refractivity contribution >= 4 is 29.1 Å². The minimum atomic E-state index is -0.744. The molecule has 128 valence electrons.